The Kier molecular flexibility index (Phi) is 5.88. The topological polar surface area (TPSA) is 44.8 Å². The van der Waals surface area contributed by atoms with Gasteiger partial charge in [0.05, 0.1) is 11.1 Å². The molecule has 4 nitrogen and oxygen atoms in total. The van der Waals surface area contributed by atoms with Crippen molar-refractivity contribution in [3.05, 3.63) is 28.8 Å². The first-order chi connectivity index (χ1) is 10.1. The monoisotopic (exact) mass is 312 g/mol. The molecule has 1 aromatic carbocycles. The van der Waals surface area contributed by atoms with Crippen molar-refractivity contribution in [3.8, 4) is 5.75 Å². The van der Waals surface area contributed by atoms with E-state index in [0.717, 1.165) is 31.4 Å². The van der Waals surface area contributed by atoms with Crippen molar-refractivity contribution in [2.75, 3.05) is 13.2 Å². The van der Waals surface area contributed by atoms with E-state index >= 15 is 0 Å². The van der Waals surface area contributed by atoms with Crippen molar-refractivity contribution in [1.82, 2.24) is 0 Å². The van der Waals surface area contributed by atoms with Crippen LogP contribution in [-0.2, 0) is 14.3 Å². The van der Waals surface area contributed by atoms with E-state index in [2.05, 4.69) is 0 Å². The molecular weight excluding hydrogens is 292 g/mol. The van der Waals surface area contributed by atoms with Gasteiger partial charge in [0.15, 0.2) is 6.10 Å². The molecule has 1 aliphatic heterocycles. The molecule has 1 aromatic rings. The summed E-state index contributed by atoms with van der Waals surface area (Å²) < 4.78 is 16.4. The van der Waals surface area contributed by atoms with Gasteiger partial charge in [-0.15, -0.1) is 0 Å². The van der Waals surface area contributed by atoms with Crippen LogP contribution in [0.2, 0.25) is 5.02 Å². The molecule has 116 valence electrons. The summed E-state index contributed by atoms with van der Waals surface area (Å²) in [7, 11) is 0. The van der Waals surface area contributed by atoms with Gasteiger partial charge in [-0.3, -0.25) is 0 Å². The highest BCUT2D eigenvalue weighted by Crippen LogP contribution is 2.26. The molecule has 0 saturated carbocycles. The van der Waals surface area contributed by atoms with Crippen molar-refractivity contribution in [2.24, 2.45) is 0 Å². The molecule has 1 aliphatic rings. The van der Waals surface area contributed by atoms with Gasteiger partial charge in [-0.1, -0.05) is 17.7 Å². The van der Waals surface area contributed by atoms with E-state index in [1.807, 2.05) is 13.0 Å². The Morgan fingerprint density at radius 3 is 3.00 bits per heavy atom. The first-order valence-corrected chi connectivity index (χ1v) is 7.65. The van der Waals surface area contributed by atoms with Crippen LogP contribution in [0.4, 0.5) is 0 Å². The van der Waals surface area contributed by atoms with Gasteiger partial charge < -0.3 is 14.2 Å². The predicted octanol–water partition coefficient (Wildman–Crippen LogP) is 3.53. The first kappa shape index (κ1) is 16.1. The Morgan fingerprint density at radius 1 is 1.48 bits per heavy atom. The first-order valence-electron chi connectivity index (χ1n) is 7.27. The molecule has 1 heterocycles. The number of halogens is 1. The third-order valence-corrected chi connectivity index (χ3v) is 3.72. The van der Waals surface area contributed by atoms with E-state index < -0.39 is 12.1 Å². The Hall–Kier alpha value is -1.26. The highest BCUT2D eigenvalue weighted by molar-refractivity contribution is 6.32. The van der Waals surface area contributed by atoms with Crippen LogP contribution in [0.1, 0.15) is 31.7 Å². The summed E-state index contributed by atoms with van der Waals surface area (Å²) in [4.78, 5) is 11.9. The molecule has 0 radical (unpaired) electrons. The van der Waals surface area contributed by atoms with E-state index in [4.69, 9.17) is 25.8 Å². The predicted molar refractivity (Wildman–Crippen MR) is 80.8 cm³/mol. The Labute approximate surface area is 130 Å². The van der Waals surface area contributed by atoms with Gasteiger partial charge in [-0.05, 0) is 50.8 Å². The Balaban J connectivity index is 1.82. The average Bonchev–Trinajstić information content (AvgIpc) is 2.49. The average molecular weight is 313 g/mol. The van der Waals surface area contributed by atoms with Crippen LogP contribution in [-0.4, -0.2) is 31.4 Å². The standard InChI is InChI=1S/C16H21ClO4/c1-11-6-7-14(17)15(9-11)21-12(2)16(18)20-10-13-5-3-4-8-19-13/h6-7,9,12-13H,3-5,8,10H2,1-2H3. The number of ether oxygens (including phenoxy) is 3. The summed E-state index contributed by atoms with van der Waals surface area (Å²) >= 11 is 6.05. The van der Waals surface area contributed by atoms with E-state index in [0.29, 0.717) is 10.8 Å². The second kappa shape index (κ2) is 7.66. The van der Waals surface area contributed by atoms with Crippen LogP contribution in [0, 0.1) is 6.92 Å². The van der Waals surface area contributed by atoms with Gasteiger partial charge in [0, 0.05) is 6.61 Å². The third-order valence-electron chi connectivity index (χ3n) is 3.41. The quantitative estimate of drug-likeness (QED) is 0.780. The summed E-state index contributed by atoms with van der Waals surface area (Å²) in [5.41, 5.74) is 1.02. The molecule has 21 heavy (non-hydrogen) atoms. The fourth-order valence-corrected chi connectivity index (χ4v) is 2.33. The largest absolute Gasteiger partial charge is 0.477 e. The Morgan fingerprint density at radius 2 is 2.29 bits per heavy atom. The van der Waals surface area contributed by atoms with Crippen molar-refractivity contribution in [2.45, 2.75) is 45.3 Å². The number of hydrogen-bond acceptors (Lipinski definition) is 4. The molecular formula is C16H21ClO4. The van der Waals surface area contributed by atoms with Gasteiger partial charge in [-0.2, -0.15) is 0 Å². The molecule has 5 heteroatoms. The molecule has 2 rings (SSSR count). The van der Waals surface area contributed by atoms with Gasteiger partial charge in [0.1, 0.15) is 12.4 Å². The molecule has 0 amide bonds. The molecule has 0 aromatic heterocycles. The number of benzene rings is 1. The smallest absolute Gasteiger partial charge is 0.347 e. The molecule has 2 atom stereocenters. The summed E-state index contributed by atoms with van der Waals surface area (Å²) in [6, 6.07) is 5.44. The number of carbonyl (C=O) groups is 1. The molecule has 0 spiro atoms. The van der Waals surface area contributed by atoms with Crippen LogP contribution >= 0.6 is 11.6 Å². The number of carbonyl (C=O) groups excluding carboxylic acids is 1. The van der Waals surface area contributed by atoms with Crippen LogP contribution in [0.5, 0.6) is 5.75 Å². The summed E-state index contributed by atoms with van der Waals surface area (Å²) in [5.74, 6) is 0.0942. The number of hydrogen-bond donors (Lipinski definition) is 0. The van der Waals surface area contributed by atoms with Crippen molar-refractivity contribution in [3.63, 3.8) is 0 Å². The van der Waals surface area contributed by atoms with Crippen molar-refractivity contribution >= 4 is 17.6 Å². The molecule has 0 N–H and O–H groups in total. The minimum absolute atomic E-state index is 0.0115. The lowest BCUT2D eigenvalue weighted by Crippen LogP contribution is -2.31. The van der Waals surface area contributed by atoms with E-state index in [1.165, 1.54) is 0 Å². The minimum atomic E-state index is -0.701. The highest BCUT2D eigenvalue weighted by Gasteiger charge is 2.21. The number of esters is 1. The highest BCUT2D eigenvalue weighted by atomic mass is 35.5. The zero-order chi connectivity index (χ0) is 15.2. The molecule has 0 bridgehead atoms. The molecule has 1 saturated heterocycles. The summed E-state index contributed by atoms with van der Waals surface area (Å²) in [6.07, 6.45) is 2.44. The molecule has 0 aliphatic carbocycles. The second-order valence-electron chi connectivity index (χ2n) is 5.31. The van der Waals surface area contributed by atoms with Gasteiger partial charge in [-0.25, -0.2) is 4.79 Å². The Bertz CT molecular complexity index is 483. The van der Waals surface area contributed by atoms with Crippen molar-refractivity contribution in [1.29, 1.82) is 0 Å². The van der Waals surface area contributed by atoms with Crippen LogP contribution < -0.4 is 4.74 Å². The fraction of sp³-hybridized carbons (Fsp3) is 0.562. The van der Waals surface area contributed by atoms with E-state index in [-0.39, 0.29) is 12.7 Å². The lowest BCUT2D eigenvalue weighted by molar-refractivity contribution is -0.156. The summed E-state index contributed by atoms with van der Waals surface area (Å²) in [5, 5.41) is 0.482. The van der Waals surface area contributed by atoms with Crippen LogP contribution in [0.25, 0.3) is 0 Å². The van der Waals surface area contributed by atoms with Crippen molar-refractivity contribution < 1.29 is 19.0 Å². The van der Waals surface area contributed by atoms with E-state index in [9.17, 15) is 4.79 Å². The second-order valence-corrected chi connectivity index (χ2v) is 5.72. The SMILES string of the molecule is Cc1ccc(Cl)c(OC(C)C(=O)OCC2CCCCO2)c1. The zero-order valence-electron chi connectivity index (χ0n) is 12.4. The molecule has 1 fully saturated rings. The molecule has 2 unspecified atom stereocenters. The van der Waals surface area contributed by atoms with Gasteiger partial charge in [0.25, 0.3) is 0 Å². The van der Waals surface area contributed by atoms with Gasteiger partial charge in [0.2, 0.25) is 0 Å². The maximum absolute atomic E-state index is 11.9. The third kappa shape index (κ3) is 4.90. The number of rotatable bonds is 5. The van der Waals surface area contributed by atoms with Crippen LogP contribution in [0.15, 0.2) is 18.2 Å². The minimum Gasteiger partial charge on any atom is -0.477 e. The zero-order valence-corrected chi connectivity index (χ0v) is 13.2. The van der Waals surface area contributed by atoms with Crippen LogP contribution in [0.3, 0.4) is 0 Å². The maximum atomic E-state index is 11.9. The van der Waals surface area contributed by atoms with E-state index in [1.54, 1.807) is 19.1 Å². The number of aryl methyl sites for hydroxylation is 1. The maximum Gasteiger partial charge on any atom is 0.347 e. The summed E-state index contributed by atoms with van der Waals surface area (Å²) in [6.45, 7) is 4.62. The lowest BCUT2D eigenvalue weighted by Gasteiger charge is -2.23. The fourth-order valence-electron chi connectivity index (χ4n) is 2.17. The van der Waals surface area contributed by atoms with Gasteiger partial charge >= 0.3 is 5.97 Å². The normalized spacial score (nSPS) is 19.9. The lowest BCUT2D eigenvalue weighted by atomic mass is 10.1.